The van der Waals surface area contributed by atoms with Crippen molar-refractivity contribution in [3.63, 3.8) is 0 Å². The highest BCUT2D eigenvalue weighted by Gasteiger charge is 2.34. The summed E-state index contributed by atoms with van der Waals surface area (Å²) in [7, 11) is 0. The smallest absolute Gasteiger partial charge is 0.00670 e. The summed E-state index contributed by atoms with van der Waals surface area (Å²) < 4.78 is 0. The maximum Gasteiger partial charge on any atom is 0.00670 e. The normalized spacial score (nSPS) is 26.5. The number of hydrogen-bond acceptors (Lipinski definition) is 2. The number of nitrogens with two attached hydrogens (primary N) is 1. The first-order valence-corrected chi connectivity index (χ1v) is 5.78. The fourth-order valence-electron chi connectivity index (χ4n) is 2.39. The van der Waals surface area contributed by atoms with Crippen LogP contribution in [0.4, 0.5) is 0 Å². The molecule has 0 bridgehead atoms. The third-order valence-electron chi connectivity index (χ3n) is 4.04. The Morgan fingerprint density at radius 3 is 2.38 bits per heavy atom. The first kappa shape index (κ1) is 9.47. The van der Waals surface area contributed by atoms with Gasteiger partial charge in [-0.25, -0.2) is 0 Å². The van der Waals surface area contributed by atoms with Gasteiger partial charge >= 0.3 is 0 Å². The van der Waals surface area contributed by atoms with Crippen LogP contribution >= 0.6 is 0 Å². The summed E-state index contributed by atoms with van der Waals surface area (Å²) in [6, 6.07) is 0.843. The van der Waals surface area contributed by atoms with Gasteiger partial charge in [0.05, 0.1) is 0 Å². The second-order valence-electron chi connectivity index (χ2n) is 4.89. The second kappa shape index (κ2) is 3.97. The van der Waals surface area contributed by atoms with E-state index in [4.69, 9.17) is 5.73 Å². The number of hydrogen-bond donors (Lipinski definition) is 2. The monoisotopic (exact) mass is 182 g/mol. The van der Waals surface area contributed by atoms with Gasteiger partial charge in [-0.3, -0.25) is 0 Å². The standard InChI is InChI=1S/C11H22N2/c12-9-11(5-2-6-11)7-8-13-10-3-1-4-10/h10,13H,1-9,12H2. The van der Waals surface area contributed by atoms with Crippen LogP contribution < -0.4 is 11.1 Å². The predicted molar refractivity (Wildman–Crippen MR) is 55.6 cm³/mol. The molecule has 2 aliphatic rings. The molecule has 2 nitrogen and oxygen atoms in total. The summed E-state index contributed by atoms with van der Waals surface area (Å²) >= 11 is 0. The lowest BCUT2D eigenvalue weighted by Gasteiger charge is -2.41. The largest absolute Gasteiger partial charge is 0.330 e. The van der Waals surface area contributed by atoms with Crippen molar-refractivity contribution in [1.82, 2.24) is 5.32 Å². The zero-order valence-corrected chi connectivity index (χ0v) is 8.52. The van der Waals surface area contributed by atoms with Gasteiger partial charge in [0.15, 0.2) is 0 Å². The van der Waals surface area contributed by atoms with Gasteiger partial charge in [-0.2, -0.15) is 0 Å². The average molecular weight is 182 g/mol. The Morgan fingerprint density at radius 1 is 1.23 bits per heavy atom. The zero-order valence-electron chi connectivity index (χ0n) is 8.52. The maximum atomic E-state index is 5.80. The summed E-state index contributed by atoms with van der Waals surface area (Å²) in [5, 5.41) is 3.62. The van der Waals surface area contributed by atoms with Crippen LogP contribution in [0.3, 0.4) is 0 Å². The van der Waals surface area contributed by atoms with Crippen molar-refractivity contribution in [2.75, 3.05) is 13.1 Å². The van der Waals surface area contributed by atoms with E-state index in [1.54, 1.807) is 0 Å². The summed E-state index contributed by atoms with van der Waals surface area (Å²) in [6.45, 7) is 2.10. The molecule has 0 aromatic carbocycles. The molecule has 3 N–H and O–H groups in total. The van der Waals surface area contributed by atoms with Gasteiger partial charge in [-0.1, -0.05) is 12.8 Å². The summed E-state index contributed by atoms with van der Waals surface area (Å²) in [5.74, 6) is 0. The van der Waals surface area contributed by atoms with Gasteiger partial charge in [0.1, 0.15) is 0 Å². The zero-order chi connectivity index (χ0) is 9.15. The topological polar surface area (TPSA) is 38.0 Å². The average Bonchev–Trinajstić information content (AvgIpc) is 1.99. The van der Waals surface area contributed by atoms with Gasteiger partial charge in [-0.05, 0) is 50.6 Å². The molecular weight excluding hydrogens is 160 g/mol. The van der Waals surface area contributed by atoms with E-state index in [-0.39, 0.29) is 0 Å². The molecular formula is C11H22N2. The van der Waals surface area contributed by atoms with Gasteiger partial charge in [0, 0.05) is 6.04 Å². The molecule has 2 rings (SSSR count). The molecule has 76 valence electrons. The van der Waals surface area contributed by atoms with Gasteiger partial charge in [0.25, 0.3) is 0 Å². The minimum Gasteiger partial charge on any atom is -0.330 e. The van der Waals surface area contributed by atoms with Crippen molar-refractivity contribution in [2.45, 2.75) is 51.0 Å². The Bertz CT molecular complexity index is 154. The fourth-order valence-corrected chi connectivity index (χ4v) is 2.39. The maximum absolute atomic E-state index is 5.80. The first-order chi connectivity index (χ1) is 6.35. The summed E-state index contributed by atoms with van der Waals surface area (Å²) in [6.07, 6.45) is 9.68. The molecule has 0 aromatic heterocycles. The molecule has 0 spiro atoms. The lowest BCUT2D eigenvalue weighted by atomic mass is 9.66. The second-order valence-corrected chi connectivity index (χ2v) is 4.89. The molecule has 0 amide bonds. The summed E-state index contributed by atoms with van der Waals surface area (Å²) in [4.78, 5) is 0. The fraction of sp³-hybridized carbons (Fsp3) is 1.00. The van der Waals surface area contributed by atoms with Gasteiger partial charge < -0.3 is 11.1 Å². The summed E-state index contributed by atoms with van der Waals surface area (Å²) in [5.41, 5.74) is 6.34. The lowest BCUT2D eigenvalue weighted by Crippen LogP contribution is -2.42. The minimum absolute atomic E-state index is 0.538. The van der Waals surface area contributed by atoms with Crippen LogP contribution in [0.15, 0.2) is 0 Å². The van der Waals surface area contributed by atoms with Crippen molar-refractivity contribution >= 4 is 0 Å². The molecule has 0 atom stereocenters. The first-order valence-electron chi connectivity index (χ1n) is 5.78. The third-order valence-corrected chi connectivity index (χ3v) is 4.04. The van der Waals surface area contributed by atoms with Crippen LogP contribution in [-0.4, -0.2) is 19.1 Å². The van der Waals surface area contributed by atoms with E-state index in [0.29, 0.717) is 5.41 Å². The molecule has 0 aliphatic heterocycles. The van der Waals surface area contributed by atoms with Crippen LogP contribution in [0.1, 0.15) is 44.9 Å². The molecule has 0 unspecified atom stereocenters. The number of nitrogens with one attached hydrogen (secondary N) is 1. The highest BCUT2D eigenvalue weighted by molar-refractivity contribution is 4.89. The highest BCUT2D eigenvalue weighted by atomic mass is 14.9. The molecule has 2 heteroatoms. The van der Waals surface area contributed by atoms with Crippen LogP contribution in [0.2, 0.25) is 0 Å². The van der Waals surface area contributed by atoms with Gasteiger partial charge in [0.2, 0.25) is 0 Å². The predicted octanol–water partition coefficient (Wildman–Crippen LogP) is 1.65. The van der Waals surface area contributed by atoms with E-state index in [0.717, 1.165) is 12.6 Å². The molecule has 2 fully saturated rings. The van der Waals surface area contributed by atoms with E-state index in [2.05, 4.69) is 5.32 Å². The van der Waals surface area contributed by atoms with Crippen molar-refractivity contribution in [2.24, 2.45) is 11.1 Å². The molecule has 0 aromatic rings. The molecule has 2 saturated carbocycles. The Hall–Kier alpha value is -0.0800. The van der Waals surface area contributed by atoms with Crippen LogP contribution in [-0.2, 0) is 0 Å². The molecule has 13 heavy (non-hydrogen) atoms. The third kappa shape index (κ3) is 2.05. The molecule has 0 saturated heterocycles. The Morgan fingerprint density at radius 2 is 2.00 bits per heavy atom. The van der Waals surface area contributed by atoms with E-state index >= 15 is 0 Å². The van der Waals surface area contributed by atoms with Crippen LogP contribution in [0.25, 0.3) is 0 Å². The van der Waals surface area contributed by atoms with Crippen molar-refractivity contribution in [3.8, 4) is 0 Å². The van der Waals surface area contributed by atoms with E-state index < -0.39 is 0 Å². The van der Waals surface area contributed by atoms with E-state index in [9.17, 15) is 0 Å². The Balaban J connectivity index is 1.60. The van der Waals surface area contributed by atoms with E-state index in [1.165, 1.54) is 51.5 Å². The SMILES string of the molecule is NCC1(CCNC2CCC2)CCC1. The quantitative estimate of drug-likeness (QED) is 0.678. The minimum atomic E-state index is 0.538. The van der Waals surface area contributed by atoms with Crippen molar-refractivity contribution in [3.05, 3.63) is 0 Å². The van der Waals surface area contributed by atoms with E-state index in [1.807, 2.05) is 0 Å². The Kier molecular flexibility index (Phi) is 2.89. The van der Waals surface area contributed by atoms with Crippen molar-refractivity contribution < 1.29 is 0 Å². The number of rotatable bonds is 5. The lowest BCUT2D eigenvalue weighted by molar-refractivity contribution is 0.126. The van der Waals surface area contributed by atoms with Crippen molar-refractivity contribution in [1.29, 1.82) is 0 Å². The molecule has 0 heterocycles. The highest BCUT2D eigenvalue weighted by Crippen LogP contribution is 2.42. The Labute approximate surface area is 81.3 Å². The molecule has 2 aliphatic carbocycles. The molecule has 0 radical (unpaired) electrons. The van der Waals surface area contributed by atoms with Crippen LogP contribution in [0, 0.1) is 5.41 Å². The van der Waals surface area contributed by atoms with Gasteiger partial charge in [-0.15, -0.1) is 0 Å². The van der Waals surface area contributed by atoms with Crippen LogP contribution in [0.5, 0.6) is 0 Å².